The van der Waals surface area contributed by atoms with Gasteiger partial charge >= 0.3 is 0 Å². The Morgan fingerprint density at radius 3 is 3.06 bits per heavy atom. The molecule has 1 aromatic rings. The lowest BCUT2D eigenvalue weighted by molar-refractivity contribution is 0.396. The van der Waals surface area contributed by atoms with Gasteiger partial charge in [0.15, 0.2) is 0 Å². The van der Waals surface area contributed by atoms with Crippen LogP contribution < -0.4 is 5.32 Å². The summed E-state index contributed by atoms with van der Waals surface area (Å²) in [5.74, 6) is 0.847. The van der Waals surface area contributed by atoms with Crippen LogP contribution in [0.2, 0.25) is 0 Å². The Labute approximate surface area is 109 Å². The molecule has 2 rings (SSSR count). The van der Waals surface area contributed by atoms with Crippen LogP contribution in [0.25, 0.3) is 0 Å². The summed E-state index contributed by atoms with van der Waals surface area (Å²) < 4.78 is 0. The molecule has 0 aliphatic heterocycles. The summed E-state index contributed by atoms with van der Waals surface area (Å²) in [6.45, 7) is 3.44. The van der Waals surface area contributed by atoms with Crippen LogP contribution in [0.4, 0.5) is 0 Å². The van der Waals surface area contributed by atoms with Gasteiger partial charge in [0.2, 0.25) is 0 Å². The molecule has 0 saturated carbocycles. The van der Waals surface area contributed by atoms with E-state index in [1.807, 2.05) is 11.3 Å². The van der Waals surface area contributed by atoms with Crippen LogP contribution in [0.1, 0.15) is 49.9 Å². The Balaban J connectivity index is 1.83. The number of hydrogen-bond donors (Lipinski definition) is 1. The molecule has 0 bridgehead atoms. The average Bonchev–Trinajstić information content (AvgIpc) is 2.89. The van der Waals surface area contributed by atoms with E-state index < -0.39 is 0 Å². The SMILES string of the molecule is CCCC(NCC1CC=CCC1)c1cccs1. The molecule has 1 aromatic heterocycles. The van der Waals surface area contributed by atoms with Crippen LogP contribution in [0.3, 0.4) is 0 Å². The standard InChI is InChI=1S/C15H23NS/c1-2-7-14(15-10-6-11-17-15)16-12-13-8-4-3-5-9-13/h3-4,6,10-11,13-14,16H,2,5,7-9,12H2,1H3. The molecule has 94 valence electrons. The third-order valence-corrected chi connectivity index (χ3v) is 4.48. The lowest BCUT2D eigenvalue weighted by Gasteiger charge is -2.23. The van der Waals surface area contributed by atoms with Crippen LogP contribution in [0, 0.1) is 5.92 Å². The first-order chi connectivity index (χ1) is 8.40. The summed E-state index contributed by atoms with van der Waals surface area (Å²) in [4.78, 5) is 1.50. The molecule has 2 atom stereocenters. The molecule has 0 amide bonds. The zero-order valence-corrected chi connectivity index (χ0v) is 11.5. The number of allylic oxidation sites excluding steroid dienone is 2. The van der Waals surface area contributed by atoms with Crippen molar-refractivity contribution in [1.82, 2.24) is 5.32 Å². The molecule has 0 spiro atoms. The van der Waals surface area contributed by atoms with Crippen LogP contribution in [-0.4, -0.2) is 6.54 Å². The highest BCUT2D eigenvalue weighted by atomic mass is 32.1. The molecular weight excluding hydrogens is 226 g/mol. The average molecular weight is 249 g/mol. The zero-order valence-electron chi connectivity index (χ0n) is 10.7. The number of thiophene rings is 1. The van der Waals surface area contributed by atoms with Crippen LogP contribution in [0.15, 0.2) is 29.7 Å². The van der Waals surface area contributed by atoms with Crippen molar-refractivity contribution >= 4 is 11.3 Å². The molecule has 1 heterocycles. The summed E-state index contributed by atoms with van der Waals surface area (Å²) in [5.41, 5.74) is 0. The fourth-order valence-corrected chi connectivity index (χ4v) is 3.31. The van der Waals surface area contributed by atoms with Gasteiger partial charge in [-0.15, -0.1) is 11.3 Å². The number of hydrogen-bond acceptors (Lipinski definition) is 2. The maximum Gasteiger partial charge on any atom is 0.0414 e. The first kappa shape index (κ1) is 12.8. The first-order valence-corrected chi connectivity index (χ1v) is 7.70. The Bertz CT molecular complexity index is 329. The molecule has 0 aromatic carbocycles. The van der Waals surface area contributed by atoms with E-state index in [0.717, 1.165) is 5.92 Å². The van der Waals surface area contributed by atoms with Crippen molar-refractivity contribution in [2.75, 3.05) is 6.54 Å². The highest BCUT2D eigenvalue weighted by Gasteiger charge is 2.14. The topological polar surface area (TPSA) is 12.0 Å². The molecule has 0 fully saturated rings. The smallest absolute Gasteiger partial charge is 0.0414 e. The normalized spacial score (nSPS) is 21.6. The van der Waals surface area contributed by atoms with Crippen molar-refractivity contribution in [3.63, 3.8) is 0 Å². The fraction of sp³-hybridized carbons (Fsp3) is 0.600. The van der Waals surface area contributed by atoms with E-state index >= 15 is 0 Å². The lowest BCUT2D eigenvalue weighted by atomic mass is 9.94. The largest absolute Gasteiger partial charge is 0.309 e. The summed E-state index contributed by atoms with van der Waals surface area (Å²) >= 11 is 1.88. The Hall–Kier alpha value is -0.600. The quantitative estimate of drug-likeness (QED) is 0.730. The summed E-state index contributed by atoms with van der Waals surface area (Å²) in [5, 5.41) is 5.95. The van der Waals surface area contributed by atoms with Crippen LogP contribution in [-0.2, 0) is 0 Å². The van der Waals surface area contributed by atoms with Crippen molar-refractivity contribution in [1.29, 1.82) is 0 Å². The molecule has 1 aliphatic rings. The van der Waals surface area contributed by atoms with Crippen molar-refractivity contribution in [2.45, 2.75) is 45.1 Å². The van der Waals surface area contributed by atoms with Crippen molar-refractivity contribution in [3.8, 4) is 0 Å². The monoisotopic (exact) mass is 249 g/mol. The zero-order chi connectivity index (χ0) is 11.9. The van der Waals surface area contributed by atoms with Crippen molar-refractivity contribution in [3.05, 3.63) is 34.5 Å². The molecule has 17 heavy (non-hydrogen) atoms. The van der Waals surface area contributed by atoms with Gasteiger partial charge in [-0.3, -0.25) is 0 Å². The van der Waals surface area contributed by atoms with E-state index in [2.05, 4.69) is 41.9 Å². The van der Waals surface area contributed by atoms with Gasteiger partial charge in [-0.05, 0) is 49.6 Å². The molecule has 1 nitrogen and oxygen atoms in total. The van der Waals surface area contributed by atoms with Crippen LogP contribution in [0.5, 0.6) is 0 Å². The van der Waals surface area contributed by atoms with E-state index in [1.165, 1.54) is 43.5 Å². The van der Waals surface area contributed by atoms with Gasteiger partial charge < -0.3 is 5.32 Å². The third-order valence-electron chi connectivity index (χ3n) is 3.49. The minimum Gasteiger partial charge on any atom is -0.309 e. The maximum atomic E-state index is 3.77. The third kappa shape index (κ3) is 3.97. The van der Waals surface area contributed by atoms with E-state index in [9.17, 15) is 0 Å². The Kier molecular flexibility index (Phi) is 5.27. The minimum absolute atomic E-state index is 0.575. The highest BCUT2D eigenvalue weighted by Crippen LogP contribution is 2.24. The van der Waals surface area contributed by atoms with Gasteiger partial charge in [0.25, 0.3) is 0 Å². The minimum atomic E-state index is 0.575. The van der Waals surface area contributed by atoms with E-state index in [-0.39, 0.29) is 0 Å². The number of nitrogens with one attached hydrogen (secondary N) is 1. The van der Waals surface area contributed by atoms with Gasteiger partial charge in [0.05, 0.1) is 0 Å². The van der Waals surface area contributed by atoms with E-state index in [4.69, 9.17) is 0 Å². The molecule has 2 heteroatoms. The summed E-state index contributed by atoms with van der Waals surface area (Å²) in [6, 6.07) is 5.00. The number of rotatable bonds is 6. The van der Waals surface area contributed by atoms with Crippen molar-refractivity contribution < 1.29 is 0 Å². The second kappa shape index (κ2) is 6.97. The summed E-state index contributed by atoms with van der Waals surface area (Å²) in [6.07, 6.45) is 11.0. The van der Waals surface area contributed by atoms with Gasteiger partial charge in [-0.1, -0.05) is 31.6 Å². The highest BCUT2D eigenvalue weighted by molar-refractivity contribution is 7.10. The van der Waals surface area contributed by atoms with Crippen LogP contribution >= 0.6 is 11.3 Å². The predicted octanol–water partition coefficient (Wildman–Crippen LogP) is 4.54. The first-order valence-electron chi connectivity index (χ1n) is 6.82. The second-order valence-corrected chi connectivity index (χ2v) is 5.89. The van der Waals surface area contributed by atoms with Gasteiger partial charge in [-0.25, -0.2) is 0 Å². The molecular formula is C15H23NS. The van der Waals surface area contributed by atoms with Gasteiger partial charge in [0, 0.05) is 10.9 Å². The maximum absolute atomic E-state index is 3.77. The summed E-state index contributed by atoms with van der Waals surface area (Å²) in [7, 11) is 0. The molecule has 1 N–H and O–H groups in total. The molecule has 2 unspecified atom stereocenters. The molecule has 0 saturated heterocycles. The fourth-order valence-electron chi connectivity index (χ4n) is 2.47. The second-order valence-electron chi connectivity index (χ2n) is 4.92. The van der Waals surface area contributed by atoms with E-state index in [0.29, 0.717) is 6.04 Å². The van der Waals surface area contributed by atoms with Gasteiger partial charge in [-0.2, -0.15) is 0 Å². The molecule has 0 radical (unpaired) electrons. The lowest BCUT2D eigenvalue weighted by Crippen LogP contribution is -2.27. The van der Waals surface area contributed by atoms with Gasteiger partial charge in [0.1, 0.15) is 0 Å². The molecule has 1 aliphatic carbocycles. The Morgan fingerprint density at radius 1 is 1.47 bits per heavy atom. The van der Waals surface area contributed by atoms with E-state index in [1.54, 1.807) is 0 Å². The predicted molar refractivity (Wildman–Crippen MR) is 76.5 cm³/mol. The van der Waals surface area contributed by atoms with Crippen molar-refractivity contribution in [2.24, 2.45) is 5.92 Å². The Morgan fingerprint density at radius 2 is 2.41 bits per heavy atom.